The predicted octanol–water partition coefficient (Wildman–Crippen LogP) is -0.208. The zero-order chi connectivity index (χ0) is 10.1. The molecule has 1 nitrogen and oxygen atoms in total. The Morgan fingerprint density at radius 1 is 1.07 bits per heavy atom. The second-order valence-electron chi connectivity index (χ2n) is 4.05. The average molecular weight is 313 g/mol. The molecule has 0 N–H and O–H groups in total. The Labute approximate surface area is 108 Å². The minimum absolute atomic E-state index is 0. The Balaban J connectivity index is 0.00000112. The van der Waals surface area contributed by atoms with Crippen LogP contribution in [0.25, 0.3) is 10.8 Å². The summed E-state index contributed by atoms with van der Waals surface area (Å²) in [6.45, 7) is 4.48. The summed E-state index contributed by atoms with van der Waals surface area (Å²) in [5.74, 6) is 0.561. The van der Waals surface area contributed by atoms with Gasteiger partial charge >= 0.3 is 0 Å². The van der Waals surface area contributed by atoms with Gasteiger partial charge in [-0.2, -0.15) is 0 Å². The zero-order valence-corrected chi connectivity index (χ0v) is 11.5. The van der Waals surface area contributed by atoms with E-state index in [0.29, 0.717) is 5.92 Å². The van der Waals surface area contributed by atoms with Crippen molar-refractivity contribution in [3.05, 3.63) is 42.2 Å². The number of rotatable bonds is 1. The Bertz CT molecular complexity index is 463. The maximum Gasteiger partial charge on any atom is 0.191 e. The minimum Gasteiger partial charge on any atom is -1.00 e. The number of aromatic nitrogens is 1. The zero-order valence-electron chi connectivity index (χ0n) is 9.37. The van der Waals surface area contributed by atoms with E-state index in [0.717, 1.165) is 0 Å². The van der Waals surface area contributed by atoms with Gasteiger partial charge in [-0.05, 0) is 11.5 Å². The molecule has 0 unspecified atom stereocenters. The Morgan fingerprint density at radius 2 is 1.73 bits per heavy atom. The Kier molecular flexibility index (Phi) is 4.08. The molecule has 0 fully saturated rings. The van der Waals surface area contributed by atoms with E-state index in [2.05, 4.69) is 62.0 Å². The number of benzene rings is 1. The van der Waals surface area contributed by atoms with Gasteiger partial charge in [0, 0.05) is 17.4 Å². The lowest BCUT2D eigenvalue weighted by molar-refractivity contribution is -0.678. The number of fused-ring (bicyclic) bond motifs is 1. The summed E-state index contributed by atoms with van der Waals surface area (Å²) in [5.41, 5.74) is 1.41. The first-order chi connectivity index (χ1) is 6.70. The van der Waals surface area contributed by atoms with Crippen molar-refractivity contribution < 1.29 is 28.5 Å². The topological polar surface area (TPSA) is 3.88 Å². The predicted molar refractivity (Wildman–Crippen MR) is 59.2 cm³/mol. The van der Waals surface area contributed by atoms with Crippen LogP contribution in [0.15, 0.2) is 36.5 Å². The molecule has 2 heteroatoms. The molecule has 2 rings (SSSR count). The van der Waals surface area contributed by atoms with Crippen LogP contribution in [0.5, 0.6) is 0 Å². The van der Waals surface area contributed by atoms with Crippen molar-refractivity contribution in [3.63, 3.8) is 0 Å². The summed E-state index contributed by atoms with van der Waals surface area (Å²) in [6.07, 6.45) is 2.14. The summed E-state index contributed by atoms with van der Waals surface area (Å²) in [4.78, 5) is 0. The molecule has 80 valence electrons. The van der Waals surface area contributed by atoms with Crippen LogP contribution in [0.3, 0.4) is 0 Å². The number of halogens is 1. The lowest BCUT2D eigenvalue weighted by atomic mass is 10.0. The summed E-state index contributed by atoms with van der Waals surface area (Å²) in [6, 6.07) is 10.7. The van der Waals surface area contributed by atoms with E-state index in [4.69, 9.17) is 0 Å². The summed E-state index contributed by atoms with van der Waals surface area (Å²) < 4.78 is 2.22. The SMILES string of the molecule is CC(C)c1c2ccccc2cc[n+]1C.[I-]. The van der Waals surface area contributed by atoms with Gasteiger partial charge in [0.25, 0.3) is 0 Å². The lowest BCUT2D eigenvalue weighted by Gasteiger charge is -2.06. The Morgan fingerprint density at radius 3 is 2.40 bits per heavy atom. The second kappa shape index (κ2) is 4.92. The van der Waals surface area contributed by atoms with Crippen molar-refractivity contribution in [2.24, 2.45) is 7.05 Å². The van der Waals surface area contributed by atoms with E-state index in [1.54, 1.807) is 0 Å². The molecule has 0 saturated heterocycles. The van der Waals surface area contributed by atoms with E-state index in [9.17, 15) is 0 Å². The first-order valence-corrected chi connectivity index (χ1v) is 5.07. The number of nitrogens with zero attached hydrogens (tertiary/aromatic N) is 1. The van der Waals surface area contributed by atoms with Gasteiger partial charge in [-0.15, -0.1) is 0 Å². The van der Waals surface area contributed by atoms with Crippen molar-refractivity contribution in [1.29, 1.82) is 0 Å². The largest absolute Gasteiger partial charge is 1.00 e. The van der Waals surface area contributed by atoms with Crippen LogP contribution in [0, 0.1) is 0 Å². The first-order valence-electron chi connectivity index (χ1n) is 5.07. The van der Waals surface area contributed by atoms with Gasteiger partial charge in [0.05, 0.1) is 0 Å². The highest BCUT2D eigenvalue weighted by molar-refractivity contribution is 5.83. The van der Waals surface area contributed by atoms with E-state index < -0.39 is 0 Å². The van der Waals surface area contributed by atoms with E-state index in [1.165, 1.54) is 16.5 Å². The molecule has 0 aliphatic rings. The lowest BCUT2D eigenvalue weighted by Crippen LogP contribution is -3.00. The monoisotopic (exact) mass is 313 g/mol. The van der Waals surface area contributed by atoms with Crippen molar-refractivity contribution >= 4 is 10.8 Å². The van der Waals surface area contributed by atoms with E-state index in [1.807, 2.05) is 0 Å². The van der Waals surface area contributed by atoms with Gasteiger partial charge in [0.2, 0.25) is 0 Å². The molecular formula is C13H16IN. The molecule has 1 aromatic carbocycles. The highest BCUT2D eigenvalue weighted by Gasteiger charge is 2.14. The number of hydrogen-bond acceptors (Lipinski definition) is 0. The fourth-order valence-electron chi connectivity index (χ4n) is 2.06. The normalized spacial score (nSPS) is 10.4. The standard InChI is InChI=1S/C13H16N.HI/c1-10(2)13-12-7-5-4-6-11(12)8-9-14(13)3;/h4-10H,1-3H3;1H/q+1;/p-1. The summed E-state index contributed by atoms with van der Waals surface area (Å²) in [5, 5.41) is 2.70. The highest BCUT2D eigenvalue weighted by atomic mass is 127. The van der Waals surface area contributed by atoms with Crippen molar-refractivity contribution in [3.8, 4) is 0 Å². The van der Waals surface area contributed by atoms with Gasteiger partial charge < -0.3 is 24.0 Å². The molecule has 1 heterocycles. The number of pyridine rings is 1. The van der Waals surface area contributed by atoms with Crippen molar-refractivity contribution in [2.75, 3.05) is 0 Å². The second-order valence-corrected chi connectivity index (χ2v) is 4.05. The molecule has 0 saturated carbocycles. The first kappa shape index (κ1) is 12.4. The Hall–Kier alpha value is -0.640. The maximum atomic E-state index is 2.24. The molecule has 0 atom stereocenters. The average Bonchev–Trinajstić information content (AvgIpc) is 2.17. The van der Waals surface area contributed by atoms with Gasteiger partial charge in [0.1, 0.15) is 7.05 Å². The minimum atomic E-state index is 0. The van der Waals surface area contributed by atoms with Crippen LogP contribution in [-0.2, 0) is 7.05 Å². The molecule has 15 heavy (non-hydrogen) atoms. The molecule has 0 spiro atoms. The number of aryl methyl sites for hydroxylation is 1. The third-order valence-electron chi connectivity index (χ3n) is 2.64. The van der Waals surface area contributed by atoms with E-state index in [-0.39, 0.29) is 24.0 Å². The molecule has 0 aliphatic heterocycles. The van der Waals surface area contributed by atoms with Crippen LogP contribution in [0.2, 0.25) is 0 Å². The van der Waals surface area contributed by atoms with Crippen LogP contribution in [0.1, 0.15) is 25.5 Å². The van der Waals surface area contributed by atoms with Gasteiger partial charge in [-0.1, -0.05) is 32.0 Å². The smallest absolute Gasteiger partial charge is 0.191 e. The molecular weight excluding hydrogens is 297 g/mol. The molecule has 1 aromatic heterocycles. The molecule has 2 aromatic rings. The molecule has 0 amide bonds. The fraction of sp³-hybridized carbons (Fsp3) is 0.308. The maximum absolute atomic E-state index is 2.24. The van der Waals surface area contributed by atoms with E-state index >= 15 is 0 Å². The van der Waals surface area contributed by atoms with Crippen molar-refractivity contribution in [2.45, 2.75) is 19.8 Å². The van der Waals surface area contributed by atoms with Crippen LogP contribution in [0.4, 0.5) is 0 Å². The summed E-state index contributed by atoms with van der Waals surface area (Å²) >= 11 is 0. The van der Waals surface area contributed by atoms with Gasteiger partial charge in [0.15, 0.2) is 11.9 Å². The van der Waals surface area contributed by atoms with Crippen molar-refractivity contribution in [1.82, 2.24) is 0 Å². The van der Waals surface area contributed by atoms with Crippen LogP contribution in [-0.4, -0.2) is 0 Å². The summed E-state index contributed by atoms with van der Waals surface area (Å²) in [7, 11) is 2.11. The molecule has 0 bridgehead atoms. The number of hydrogen-bond donors (Lipinski definition) is 0. The molecule has 0 radical (unpaired) electrons. The van der Waals surface area contributed by atoms with Crippen LogP contribution >= 0.6 is 0 Å². The van der Waals surface area contributed by atoms with Crippen LogP contribution < -0.4 is 28.5 Å². The third kappa shape index (κ3) is 2.30. The highest BCUT2D eigenvalue weighted by Crippen LogP contribution is 2.21. The fourth-order valence-corrected chi connectivity index (χ4v) is 2.06. The quantitative estimate of drug-likeness (QED) is 0.507. The molecule has 0 aliphatic carbocycles. The van der Waals surface area contributed by atoms with Gasteiger partial charge in [-0.25, -0.2) is 4.57 Å². The van der Waals surface area contributed by atoms with Gasteiger partial charge in [-0.3, -0.25) is 0 Å². The third-order valence-corrected chi connectivity index (χ3v) is 2.64.